The molecule has 0 amide bonds. The van der Waals surface area contributed by atoms with Crippen LogP contribution in [-0.4, -0.2) is 6.29 Å². The number of rotatable bonds is 5. The standard InChI is InChI=1S/C10H20O/c1-5-10(3,4)7-6-9(2)8-11/h8-9H,5-7H2,1-4H3. The van der Waals surface area contributed by atoms with Crippen molar-refractivity contribution in [2.24, 2.45) is 11.3 Å². The van der Waals surface area contributed by atoms with Gasteiger partial charge in [-0.15, -0.1) is 0 Å². The molecule has 0 aliphatic rings. The molecule has 1 atom stereocenters. The molecule has 0 bridgehead atoms. The molecule has 0 saturated heterocycles. The van der Waals surface area contributed by atoms with E-state index in [0.717, 1.165) is 19.1 Å². The van der Waals surface area contributed by atoms with E-state index in [1.54, 1.807) is 0 Å². The van der Waals surface area contributed by atoms with Crippen molar-refractivity contribution in [2.75, 3.05) is 0 Å². The molecular formula is C10H20O. The summed E-state index contributed by atoms with van der Waals surface area (Å²) in [7, 11) is 0. The zero-order valence-electron chi connectivity index (χ0n) is 8.18. The summed E-state index contributed by atoms with van der Waals surface area (Å²) >= 11 is 0. The molecule has 0 heterocycles. The van der Waals surface area contributed by atoms with Crippen LogP contribution >= 0.6 is 0 Å². The molecule has 0 saturated carbocycles. The summed E-state index contributed by atoms with van der Waals surface area (Å²) in [5.41, 5.74) is 0.414. The quantitative estimate of drug-likeness (QED) is 0.559. The van der Waals surface area contributed by atoms with Gasteiger partial charge in [0, 0.05) is 5.92 Å². The summed E-state index contributed by atoms with van der Waals surface area (Å²) in [6, 6.07) is 0. The van der Waals surface area contributed by atoms with Gasteiger partial charge in [-0.2, -0.15) is 0 Å². The number of carbonyl (C=O) groups is 1. The summed E-state index contributed by atoms with van der Waals surface area (Å²) < 4.78 is 0. The van der Waals surface area contributed by atoms with E-state index in [4.69, 9.17) is 0 Å². The van der Waals surface area contributed by atoms with Crippen molar-refractivity contribution in [3.8, 4) is 0 Å². The van der Waals surface area contributed by atoms with Crippen LogP contribution < -0.4 is 0 Å². The molecule has 0 aromatic carbocycles. The molecule has 0 aromatic rings. The van der Waals surface area contributed by atoms with E-state index < -0.39 is 0 Å². The highest BCUT2D eigenvalue weighted by Crippen LogP contribution is 2.27. The Morgan fingerprint density at radius 3 is 2.36 bits per heavy atom. The fourth-order valence-corrected chi connectivity index (χ4v) is 0.863. The lowest BCUT2D eigenvalue weighted by atomic mass is 9.83. The predicted molar refractivity (Wildman–Crippen MR) is 48.5 cm³/mol. The van der Waals surface area contributed by atoms with Crippen LogP contribution in [0.15, 0.2) is 0 Å². The van der Waals surface area contributed by atoms with Gasteiger partial charge < -0.3 is 4.79 Å². The van der Waals surface area contributed by atoms with Gasteiger partial charge in [-0.25, -0.2) is 0 Å². The fraction of sp³-hybridized carbons (Fsp3) is 0.900. The molecule has 1 heteroatoms. The van der Waals surface area contributed by atoms with Crippen LogP contribution in [0.25, 0.3) is 0 Å². The second kappa shape index (κ2) is 4.53. The minimum Gasteiger partial charge on any atom is -0.303 e. The molecular weight excluding hydrogens is 136 g/mol. The van der Waals surface area contributed by atoms with Gasteiger partial charge in [0.05, 0.1) is 0 Å². The van der Waals surface area contributed by atoms with Crippen LogP contribution in [0.3, 0.4) is 0 Å². The maximum Gasteiger partial charge on any atom is 0.122 e. The monoisotopic (exact) mass is 156 g/mol. The Bertz CT molecular complexity index is 116. The first-order valence-electron chi connectivity index (χ1n) is 4.47. The van der Waals surface area contributed by atoms with Crippen LogP contribution in [-0.2, 0) is 4.79 Å². The Morgan fingerprint density at radius 1 is 1.45 bits per heavy atom. The lowest BCUT2D eigenvalue weighted by molar-refractivity contribution is -0.110. The van der Waals surface area contributed by atoms with Gasteiger partial charge >= 0.3 is 0 Å². The SMILES string of the molecule is CCC(C)(C)CCC(C)C=O. The van der Waals surface area contributed by atoms with Crippen molar-refractivity contribution in [1.82, 2.24) is 0 Å². The Kier molecular flexibility index (Phi) is 4.39. The number of hydrogen-bond acceptors (Lipinski definition) is 1. The highest BCUT2D eigenvalue weighted by molar-refractivity contribution is 5.52. The van der Waals surface area contributed by atoms with Gasteiger partial charge in [0.1, 0.15) is 6.29 Å². The number of aldehydes is 1. The Balaban J connectivity index is 3.60. The molecule has 11 heavy (non-hydrogen) atoms. The fourth-order valence-electron chi connectivity index (χ4n) is 0.863. The van der Waals surface area contributed by atoms with E-state index in [-0.39, 0.29) is 5.92 Å². The minimum atomic E-state index is 0.237. The summed E-state index contributed by atoms with van der Waals surface area (Å²) in [5, 5.41) is 0. The van der Waals surface area contributed by atoms with E-state index in [1.807, 2.05) is 6.92 Å². The van der Waals surface area contributed by atoms with E-state index in [2.05, 4.69) is 20.8 Å². The minimum absolute atomic E-state index is 0.237. The highest BCUT2D eigenvalue weighted by Gasteiger charge is 2.15. The zero-order valence-corrected chi connectivity index (χ0v) is 8.18. The van der Waals surface area contributed by atoms with Crippen molar-refractivity contribution < 1.29 is 4.79 Å². The van der Waals surface area contributed by atoms with Gasteiger partial charge in [-0.1, -0.05) is 34.1 Å². The lowest BCUT2D eigenvalue weighted by Gasteiger charge is -2.22. The maximum absolute atomic E-state index is 10.3. The average Bonchev–Trinajstić information content (AvgIpc) is 2.00. The third-order valence-electron chi connectivity index (χ3n) is 2.47. The summed E-state index contributed by atoms with van der Waals surface area (Å²) in [4.78, 5) is 10.3. The summed E-state index contributed by atoms with van der Waals surface area (Å²) in [6.07, 6.45) is 4.43. The van der Waals surface area contributed by atoms with Crippen molar-refractivity contribution in [1.29, 1.82) is 0 Å². The van der Waals surface area contributed by atoms with Crippen molar-refractivity contribution in [3.63, 3.8) is 0 Å². The molecule has 0 fully saturated rings. The first-order chi connectivity index (χ1) is 5.02. The van der Waals surface area contributed by atoms with Gasteiger partial charge in [0.2, 0.25) is 0 Å². The van der Waals surface area contributed by atoms with Gasteiger partial charge in [0.25, 0.3) is 0 Å². The molecule has 0 aromatic heterocycles. The third kappa shape index (κ3) is 5.00. The largest absolute Gasteiger partial charge is 0.303 e. The van der Waals surface area contributed by atoms with Crippen LogP contribution in [0, 0.1) is 11.3 Å². The van der Waals surface area contributed by atoms with Crippen LogP contribution in [0.1, 0.15) is 47.0 Å². The first-order valence-corrected chi connectivity index (χ1v) is 4.47. The maximum atomic E-state index is 10.3. The Labute approximate surface area is 70.2 Å². The predicted octanol–water partition coefficient (Wildman–Crippen LogP) is 3.04. The van der Waals surface area contributed by atoms with Crippen LogP contribution in [0.5, 0.6) is 0 Å². The molecule has 0 rings (SSSR count). The molecule has 0 spiro atoms. The van der Waals surface area contributed by atoms with E-state index >= 15 is 0 Å². The highest BCUT2D eigenvalue weighted by atomic mass is 16.1. The molecule has 0 N–H and O–H groups in total. The smallest absolute Gasteiger partial charge is 0.122 e. The zero-order chi connectivity index (χ0) is 8.91. The van der Waals surface area contributed by atoms with Crippen LogP contribution in [0.2, 0.25) is 0 Å². The van der Waals surface area contributed by atoms with Crippen LogP contribution in [0.4, 0.5) is 0 Å². The van der Waals surface area contributed by atoms with E-state index in [1.165, 1.54) is 6.42 Å². The topological polar surface area (TPSA) is 17.1 Å². The molecule has 0 radical (unpaired) electrons. The number of hydrogen-bond donors (Lipinski definition) is 0. The molecule has 0 aliphatic heterocycles. The average molecular weight is 156 g/mol. The molecule has 0 aliphatic carbocycles. The third-order valence-corrected chi connectivity index (χ3v) is 2.47. The summed E-state index contributed by atoms with van der Waals surface area (Å²) in [6.45, 7) is 8.69. The number of carbonyl (C=O) groups excluding carboxylic acids is 1. The molecule has 1 nitrogen and oxygen atoms in total. The Hall–Kier alpha value is -0.330. The van der Waals surface area contributed by atoms with Crippen molar-refractivity contribution in [2.45, 2.75) is 47.0 Å². The van der Waals surface area contributed by atoms with Gasteiger partial charge in [-0.05, 0) is 18.3 Å². The van der Waals surface area contributed by atoms with E-state index in [0.29, 0.717) is 5.41 Å². The normalized spacial score (nSPS) is 14.5. The van der Waals surface area contributed by atoms with Crippen molar-refractivity contribution >= 4 is 6.29 Å². The lowest BCUT2D eigenvalue weighted by Crippen LogP contribution is -2.11. The van der Waals surface area contributed by atoms with Crippen molar-refractivity contribution in [3.05, 3.63) is 0 Å². The van der Waals surface area contributed by atoms with Gasteiger partial charge in [0.15, 0.2) is 0 Å². The second-order valence-electron chi connectivity index (χ2n) is 4.17. The second-order valence-corrected chi connectivity index (χ2v) is 4.17. The molecule has 66 valence electrons. The summed E-state index contributed by atoms with van der Waals surface area (Å²) in [5.74, 6) is 0.237. The van der Waals surface area contributed by atoms with Gasteiger partial charge in [-0.3, -0.25) is 0 Å². The first kappa shape index (κ1) is 10.7. The Morgan fingerprint density at radius 2 is 2.00 bits per heavy atom. The molecule has 1 unspecified atom stereocenters. The van der Waals surface area contributed by atoms with E-state index in [9.17, 15) is 4.79 Å².